The largest absolute Gasteiger partial charge is 0.344 e. The lowest BCUT2D eigenvalue weighted by atomic mass is 9.92. The van der Waals surface area contributed by atoms with E-state index in [-0.39, 0.29) is 5.91 Å². The van der Waals surface area contributed by atoms with Gasteiger partial charge in [0.25, 0.3) is 0 Å². The second kappa shape index (κ2) is 5.82. The number of nitrogens with two attached hydrogens (primary N) is 1. The summed E-state index contributed by atoms with van der Waals surface area (Å²) in [5.41, 5.74) is 6.08. The van der Waals surface area contributed by atoms with Crippen molar-refractivity contribution in [3.8, 4) is 0 Å². The van der Waals surface area contributed by atoms with Crippen molar-refractivity contribution in [2.24, 2.45) is 5.73 Å². The van der Waals surface area contributed by atoms with E-state index in [1.54, 1.807) is 11.8 Å². The van der Waals surface area contributed by atoms with Crippen molar-refractivity contribution >= 4 is 5.91 Å². The van der Waals surface area contributed by atoms with Crippen molar-refractivity contribution in [3.63, 3.8) is 0 Å². The number of unbranched alkanes of at least 4 members (excludes halogenated alkanes) is 1. The standard InChI is InChI=1S/C14H22N2O/c1-4-5-11-16(3)13(17)14(2,15)12-9-7-6-8-10-12/h6-10H,4-5,11,15H2,1-3H3. The average Bonchev–Trinajstić information content (AvgIpc) is 2.36. The zero-order valence-corrected chi connectivity index (χ0v) is 10.9. The summed E-state index contributed by atoms with van der Waals surface area (Å²) in [7, 11) is 1.81. The molecule has 1 aromatic rings. The summed E-state index contributed by atoms with van der Waals surface area (Å²) in [6, 6.07) is 9.52. The Bertz CT molecular complexity index is 360. The summed E-state index contributed by atoms with van der Waals surface area (Å²) < 4.78 is 0. The minimum Gasteiger partial charge on any atom is -0.344 e. The lowest BCUT2D eigenvalue weighted by Gasteiger charge is -2.29. The zero-order chi connectivity index (χ0) is 12.9. The topological polar surface area (TPSA) is 46.3 Å². The molecule has 2 N–H and O–H groups in total. The van der Waals surface area contributed by atoms with Crippen LogP contribution < -0.4 is 5.73 Å². The third kappa shape index (κ3) is 3.30. The Morgan fingerprint density at radius 3 is 2.47 bits per heavy atom. The van der Waals surface area contributed by atoms with Crippen LogP contribution in [-0.2, 0) is 10.3 Å². The van der Waals surface area contributed by atoms with Crippen LogP contribution in [0.3, 0.4) is 0 Å². The molecule has 1 atom stereocenters. The van der Waals surface area contributed by atoms with Gasteiger partial charge >= 0.3 is 0 Å². The van der Waals surface area contributed by atoms with Crippen molar-refractivity contribution in [1.82, 2.24) is 4.90 Å². The predicted molar refractivity (Wildman–Crippen MR) is 70.5 cm³/mol. The molecule has 17 heavy (non-hydrogen) atoms. The Balaban J connectivity index is 2.80. The van der Waals surface area contributed by atoms with E-state index in [9.17, 15) is 4.79 Å². The molecule has 3 nitrogen and oxygen atoms in total. The van der Waals surface area contributed by atoms with Gasteiger partial charge < -0.3 is 10.6 Å². The molecule has 0 aliphatic heterocycles. The van der Waals surface area contributed by atoms with Crippen LogP contribution in [0.5, 0.6) is 0 Å². The van der Waals surface area contributed by atoms with Crippen LogP contribution in [0, 0.1) is 0 Å². The number of carbonyl (C=O) groups is 1. The van der Waals surface area contributed by atoms with Crippen LogP contribution in [-0.4, -0.2) is 24.4 Å². The fourth-order valence-electron chi connectivity index (χ4n) is 1.80. The zero-order valence-electron chi connectivity index (χ0n) is 10.9. The lowest BCUT2D eigenvalue weighted by molar-refractivity contribution is -0.135. The molecule has 0 radical (unpaired) electrons. The molecule has 0 saturated carbocycles. The van der Waals surface area contributed by atoms with Gasteiger partial charge in [0.2, 0.25) is 5.91 Å². The van der Waals surface area contributed by atoms with Gasteiger partial charge in [-0.1, -0.05) is 43.7 Å². The molecule has 1 unspecified atom stereocenters. The van der Waals surface area contributed by atoms with E-state index in [2.05, 4.69) is 6.92 Å². The maximum absolute atomic E-state index is 12.3. The first-order valence-corrected chi connectivity index (χ1v) is 6.10. The smallest absolute Gasteiger partial charge is 0.246 e. The quantitative estimate of drug-likeness (QED) is 0.848. The van der Waals surface area contributed by atoms with Crippen LogP contribution in [0.25, 0.3) is 0 Å². The molecule has 0 aliphatic rings. The van der Waals surface area contributed by atoms with Crippen molar-refractivity contribution in [2.45, 2.75) is 32.2 Å². The van der Waals surface area contributed by atoms with Gasteiger partial charge in [-0.15, -0.1) is 0 Å². The number of amides is 1. The SMILES string of the molecule is CCCCN(C)C(=O)C(C)(N)c1ccccc1. The van der Waals surface area contributed by atoms with E-state index in [4.69, 9.17) is 5.73 Å². The number of rotatable bonds is 5. The van der Waals surface area contributed by atoms with Gasteiger partial charge in [0, 0.05) is 13.6 Å². The normalized spacial score (nSPS) is 14.1. The van der Waals surface area contributed by atoms with Gasteiger partial charge in [-0.3, -0.25) is 4.79 Å². The van der Waals surface area contributed by atoms with Crippen LogP contribution in [0.2, 0.25) is 0 Å². The van der Waals surface area contributed by atoms with Crippen molar-refractivity contribution < 1.29 is 4.79 Å². The molecule has 0 fully saturated rings. The van der Waals surface area contributed by atoms with Crippen molar-refractivity contribution in [3.05, 3.63) is 35.9 Å². The molecule has 0 bridgehead atoms. The average molecular weight is 234 g/mol. The van der Waals surface area contributed by atoms with E-state index >= 15 is 0 Å². The summed E-state index contributed by atoms with van der Waals surface area (Å²) in [5, 5.41) is 0. The second-order valence-electron chi connectivity index (χ2n) is 4.65. The molecule has 1 aromatic carbocycles. The monoisotopic (exact) mass is 234 g/mol. The summed E-state index contributed by atoms with van der Waals surface area (Å²) in [6.45, 7) is 4.64. The molecule has 1 rings (SSSR count). The van der Waals surface area contributed by atoms with Crippen LogP contribution in [0.4, 0.5) is 0 Å². The molecule has 3 heteroatoms. The van der Waals surface area contributed by atoms with Gasteiger partial charge in [-0.25, -0.2) is 0 Å². The predicted octanol–water partition coefficient (Wildman–Crippen LogP) is 2.12. The maximum Gasteiger partial charge on any atom is 0.246 e. The summed E-state index contributed by atoms with van der Waals surface area (Å²) in [6.07, 6.45) is 2.08. The summed E-state index contributed by atoms with van der Waals surface area (Å²) in [4.78, 5) is 14.0. The fraction of sp³-hybridized carbons (Fsp3) is 0.500. The third-order valence-corrected chi connectivity index (χ3v) is 3.01. The van der Waals surface area contributed by atoms with Crippen LogP contribution in [0.15, 0.2) is 30.3 Å². The minimum absolute atomic E-state index is 0.0304. The lowest BCUT2D eigenvalue weighted by Crippen LogP contribution is -2.49. The molecule has 0 heterocycles. The van der Waals surface area contributed by atoms with E-state index in [1.807, 2.05) is 37.4 Å². The van der Waals surface area contributed by atoms with Gasteiger partial charge in [0.1, 0.15) is 5.54 Å². The van der Waals surface area contributed by atoms with Gasteiger partial charge in [0.15, 0.2) is 0 Å². The molecular formula is C14H22N2O. The number of hydrogen-bond acceptors (Lipinski definition) is 2. The minimum atomic E-state index is -0.941. The molecule has 0 saturated heterocycles. The van der Waals surface area contributed by atoms with E-state index < -0.39 is 5.54 Å². The molecular weight excluding hydrogens is 212 g/mol. The van der Waals surface area contributed by atoms with Crippen molar-refractivity contribution in [1.29, 1.82) is 0 Å². The highest BCUT2D eigenvalue weighted by Gasteiger charge is 2.32. The maximum atomic E-state index is 12.3. The van der Waals surface area contributed by atoms with E-state index in [0.29, 0.717) is 0 Å². The Morgan fingerprint density at radius 2 is 1.94 bits per heavy atom. The van der Waals surface area contributed by atoms with Crippen LogP contribution >= 0.6 is 0 Å². The first-order valence-electron chi connectivity index (χ1n) is 6.10. The van der Waals surface area contributed by atoms with Crippen molar-refractivity contribution in [2.75, 3.05) is 13.6 Å². The second-order valence-corrected chi connectivity index (χ2v) is 4.65. The first-order chi connectivity index (χ1) is 8.00. The fourth-order valence-corrected chi connectivity index (χ4v) is 1.80. The Kier molecular flexibility index (Phi) is 4.70. The number of likely N-dealkylation sites (N-methyl/N-ethyl adjacent to an activating group) is 1. The van der Waals surface area contributed by atoms with E-state index in [0.717, 1.165) is 24.9 Å². The highest BCUT2D eigenvalue weighted by Crippen LogP contribution is 2.19. The molecule has 1 amide bonds. The Labute approximate surface area is 104 Å². The van der Waals surface area contributed by atoms with Gasteiger partial charge in [-0.2, -0.15) is 0 Å². The first kappa shape index (κ1) is 13.7. The number of hydrogen-bond donors (Lipinski definition) is 1. The third-order valence-electron chi connectivity index (χ3n) is 3.01. The van der Waals surface area contributed by atoms with Gasteiger partial charge in [0.05, 0.1) is 0 Å². The Hall–Kier alpha value is -1.35. The molecule has 0 aromatic heterocycles. The highest BCUT2D eigenvalue weighted by atomic mass is 16.2. The summed E-state index contributed by atoms with van der Waals surface area (Å²) in [5.74, 6) is -0.0304. The summed E-state index contributed by atoms with van der Waals surface area (Å²) >= 11 is 0. The molecule has 0 spiro atoms. The highest BCUT2D eigenvalue weighted by molar-refractivity contribution is 5.86. The van der Waals surface area contributed by atoms with E-state index in [1.165, 1.54) is 0 Å². The number of benzene rings is 1. The molecule has 0 aliphatic carbocycles. The number of carbonyl (C=O) groups excluding carboxylic acids is 1. The Morgan fingerprint density at radius 1 is 1.35 bits per heavy atom. The number of nitrogens with zero attached hydrogens (tertiary/aromatic N) is 1. The molecule has 94 valence electrons. The van der Waals surface area contributed by atoms with Crippen LogP contribution in [0.1, 0.15) is 32.3 Å². The van der Waals surface area contributed by atoms with Gasteiger partial charge in [-0.05, 0) is 18.9 Å².